The molecule has 34 heavy (non-hydrogen) atoms. The number of aromatic amines is 1. The lowest BCUT2D eigenvalue weighted by atomic mass is 10.1. The number of aromatic nitrogens is 2. The molecule has 168 valence electrons. The summed E-state index contributed by atoms with van der Waals surface area (Å²) in [6, 6.07) is 21.6. The molecule has 0 spiro atoms. The number of nitrogens with zero attached hydrogens (tertiary/aromatic N) is 3. The molecule has 0 saturated heterocycles. The molecule has 0 fully saturated rings. The van der Waals surface area contributed by atoms with Crippen LogP contribution >= 0.6 is 0 Å². The number of halogens is 2. The summed E-state index contributed by atoms with van der Waals surface area (Å²) in [6.45, 7) is 0.0642. The van der Waals surface area contributed by atoms with Gasteiger partial charge in [-0.15, -0.1) is 0 Å². The first-order valence-corrected chi connectivity index (χ1v) is 10.1. The van der Waals surface area contributed by atoms with Crippen molar-refractivity contribution in [1.29, 1.82) is 5.26 Å². The van der Waals surface area contributed by atoms with E-state index in [0.717, 1.165) is 17.2 Å². The lowest BCUT2D eigenvalue weighted by molar-refractivity contribution is 0.284. The first kappa shape index (κ1) is 22.4. The second kappa shape index (κ2) is 10.2. The number of H-pyrrole nitrogens is 1. The van der Waals surface area contributed by atoms with Gasteiger partial charge in [0.15, 0.2) is 11.6 Å². The Morgan fingerprint density at radius 3 is 2.56 bits per heavy atom. The molecular weight excluding hydrogens is 440 g/mol. The Labute approximate surface area is 193 Å². The molecule has 0 unspecified atom stereocenters. The van der Waals surface area contributed by atoms with E-state index in [-0.39, 0.29) is 29.6 Å². The van der Waals surface area contributed by atoms with Crippen molar-refractivity contribution in [3.05, 3.63) is 111 Å². The van der Waals surface area contributed by atoms with Crippen molar-refractivity contribution in [1.82, 2.24) is 9.97 Å². The van der Waals surface area contributed by atoms with Gasteiger partial charge in [0.25, 0.3) is 5.56 Å². The standard InChI is InChI=1S/C25H17F2N5O2/c26-20-7-4-8-21(22(20)27)34-15-17-11-9-16(10-12-17)14-29-32-25-30-23(18-5-2-1-3-6-18)19(13-28)24(33)31-25/h1-12,14H,15H2,(H2,30,31,32,33). The Kier molecular flexibility index (Phi) is 6.70. The zero-order valence-corrected chi connectivity index (χ0v) is 17.6. The molecule has 0 aliphatic rings. The van der Waals surface area contributed by atoms with Gasteiger partial charge in [-0.05, 0) is 23.3 Å². The van der Waals surface area contributed by atoms with Crippen molar-refractivity contribution in [2.45, 2.75) is 6.61 Å². The summed E-state index contributed by atoms with van der Waals surface area (Å²) >= 11 is 0. The van der Waals surface area contributed by atoms with E-state index in [1.54, 1.807) is 48.5 Å². The lowest BCUT2D eigenvalue weighted by Crippen LogP contribution is -2.16. The molecule has 4 aromatic rings. The zero-order valence-electron chi connectivity index (χ0n) is 17.6. The minimum absolute atomic E-state index is 0.0642. The molecule has 0 saturated carbocycles. The van der Waals surface area contributed by atoms with E-state index in [9.17, 15) is 18.8 Å². The van der Waals surface area contributed by atoms with Gasteiger partial charge in [-0.25, -0.2) is 14.8 Å². The highest BCUT2D eigenvalue weighted by Crippen LogP contribution is 2.21. The van der Waals surface area contributed by atoms with Gasteiger partial charge in [0, 0.05) is 5.56 Å². The molecule has 0 aliphatic carbocycles. The quantitative estimate of drug-likeness (QED) is 0.312. The zero-order chi connectivity index (χ0) is 23.9. The van der Waals surface area contributed by atoms with Gasteiger partial charge in [0.1, 0.15) is 18.2 Å². The number of rotatable bonds is 7. The van der Waals surface area contributed by atoms with Gasteiger partial charge >= 0.3 is 0 Å². The molecule has 0 aliphatic heterocycles. The van der Waals surface area contributed by atoms with Crippen LogP contribution in [0.15, 0.2) is 82.7 Å². The fourth-order valence-corrected chi connectivity index (χ4v) is 3.06. The number of nitriles is 1. The highest BCUT2D eigenvalue weighted by Gasteiger charge is 2.13. The summed E-state index contributed by atoms with van der Waals surface area (Å²) in [6.07, 6.45) is 1.51. The van der Waals surface area contributed by atoms with Gasteiger partial charge < -0.3 is 4.74 Å². The molecular formula is C25H17F2N5O2. The van der Waals surface area contributed by atoms with Gasteiger partial charge in [-0.2, -0.15) is 14.8 Å². The Hall–Kier alpha value is -4.84. The summed E-state index contributed by atoms with van der Waals surface area (Å²) < 4.78 is 32.3. The van der Waals surface area contributed by atoms with Crippen LogP contribution in [0, 0.1) is 23.0 Å². The van der Waals surface area contributed by atoms with Gasteiger partial charge in [0.05, 0.1) is 11.9 Å². The Balaban J connectivity index is 1.43. The van der Waals surface area contributed by atoms with Crippen molar-refractivity contribution in [2.24, 2.45) is 5.10 Å². The Morgan fingerprint density at radius 2 is 1.82 bits per heavy atom. The average molecular weight is 457 g/mol. The van der Waals surface area contributed by atoms with Crippen LogP contribution in [0.5, 0.6) is 5.75 Å². The Bertz CT molecular complexity index is 1430. The monoisotopic (exact) mass is 457 g/mol. The molecule has 0 amide bonds. The highest BCUT2D eigenvalue weighted by molar-refractivity contribution is 5.80. The highest BCUT2D eigenvalue weighted by atomic mass is 19.2. The normalized spacial score (nSPS) is 10.7. The number of hydrogen-bond acceptors (Lipinski definition) is 6. The van der Waals surface area contributed by atoms with Crippen LogP contribution in [0.3, 0.4) is 0 Å². The minimum atomic E-state index is -1.03. The fourth-order valence-electron chi connectivity index (χ4n) is 3.06. The van der Waals surface area contributed by atoms with E-state index in [1.165, 1.54) is 18.3 Å². The third kappa shape index (κ3) is 5.14. The summed E-state index contributed by atoms with van der Waals surface area (Å²) in [5.41, 5.74) is 4.36. The van der Waals surface area contributed by atoms with E-state index in [1.807, 2.05) is 12.1 Å². The molecule has 2 N–H and O–H groups in total. The van der Waals surface area contributed by atoms with Crippen LogP contribution in [0.2, 0.25) is 0 Å². The average Bonchev–Trinajstić information content (AvgIpc) is 2.86. The molecule has 1 aromatic heterocycles. The van der Waals surface area contributed by atoms with Crippen molar-refractivity contribution >= 4 is 12.2 Å². The van der Waals surface area contributed by atoms with Crippen molar-refractivity contribution in [2.75, 3.05) is 5.43 Å². The number of anilines is 1. The summed E-state index contributed by atoms with van der Waals surface area (Å²) in [5, 5.41) is 13.4. The van der Waals surface area contributed by atoms with E-state index in [0.29, 0.717) is 5.56 Å². The van der Waals surface area contributed by atoms with E-state index < -0.39 is 17.2 Å². The van der Waals surface area contributed by atoms with Gasteiger partial charge in [-0.1, -0.05) is 60.7 Å². The Morgan fingerprint density at radius 1 is 1.06 bits per heavy atom. The first-order valence-electron chi connectivity index (χ1n) is 10.1. The molecule has 7 nitrogen and oxygen atoms in total. The van der Waals surface area contributed by atoms with Gasteiger partial charge in [-0.3, -0.25) is 9.78 Å². The molecule has 0 bridgehead atoms. The second-order valence-corrected chi connectivity index (χ2v) is 7.07. The number of ether oxygens (including phenoxy) is 1. The van der Waals surface area contributed by atoms with E-state index >= 15 is 0 Å². The molecule has 4 rings (SSSR count). The third-order valence-electron chi connectivity index (χ3n) is 4.75. The first-order chi connectivity index (χ1) is 16.5. The maximum Gasteiger partial charge on any atom is 0.270 e. The van der Waals surface area contributed by atoms with E-state index in [4.69, 9.17) is 4.74 Å². The molecule has 9 heteroatoms. The van der Waals surface area contributed by atoms with E-state index in [2.05, 4.69) is 20.5 Å². The van der Waals surface area contributed by atoms with Crippen LogP contribution in [-0.4, -0.2) is 16.2 Å². The van der Waals surface area contributed by atoms with Crippen LogP contribution in [0.4, 0.5) is 14.7 Å². The molecule has 0 atom stereocenters. The molecule has 0 radical (unpaired) electrons. The van der Waals surface area contributed by atoms with Crippen LogP contribution in [0.1, 0.15) is 16.7 Å². The predicted molar refractivity (Wildman–Crippen MR) is 123 cm³/mol. The summed E-state index contributed by atoms with van der Waals surface area (Å²) in [7, 11) is 0. The van der Waals surface area contributed by atoms with Crippen molar-refractivity contribution < 1.29 is 13.5 Å². The maximum atomic E-state index is 13.7. The van der Waals surface area contributed by atoms with Crippen molar-refractivity contribution in [3.63, 3.8) is 0 Å². The molecule has 1 heterocycles. The van der Waals surface area contributed by atoms with Crippen molar-refractivity contribution in [3.8, 4) is 23.1 Å². The number of hydrazone groups is 1. The summed E-state index contributed by atoms with van der Waals surface area (Å²) in [5.74, 6) is -2.07. The lowest BCUT2D eigenvalue weighted by Gasteiger charge is -2.08. The minimum Gasteiger partial charge on any atom is -0.486 e. The number of benzene rings is 3. The number of hydrogen-bond donors (Lipinski definition) is 2. The maximum absolute atomic E-state index is 13.7. The predicted octanol–water partition coefficient (Wildman–Crippen LogP) is 4.61. The third-order valence-corrected chi connectivity index (χ3v) is 4.75. The number of nitrogens with one attached hydrogen (secondary N) is 2. The van der Waals surface area contributed by atoms with Crippen LogP contribution in [-0.2, 0) is 6.61 Å². The summed E-state index contributed by atoms with van der Waals surface area (Å²) in [4.78, 5) is 19.1. The van der Waals surface area contributed by atoms with Gasteiger partial charge in [0.2, 0.25) is 11.8 Å². The van der Waals surface area contributed by atoms with Crippen LogP contribution in [0.25, 0.3) is 11.3 Å². The topological polar surface area (TPSA) is 103 Å². The molecule has 3 aromatic carbocycles. The van der Waals surface area contributed by atoms with Crippen LogP contribution < -0.4 is 15.7 Å². The fraction of sp³-hybridized carbons (Fsp3) is 0.0400. The largest absolute Gasteiger partial charge is 0.486 e. The second-order valence-electron chi connectivity index (χ2n) is 7.07. The smallest absolute Gasteiger partial charge is 0.270 e. The SMILES string of the molecule is N#Cc1c(-c2ccccc2)nc(NN=Cc2ccc(COc3cccc(F)c3F)cc2)[nH]c1=O.